The fourth-order valence-electron chi connectivity index (χ4n) is 3.09. The lowest BCUT2D eigenvalue weighted by molar-refractivity contribution is -0.136. The molecule has 1 aliphatic heterocycles. The Bertz CT molecular complexity index is 941. The SMILES string of the molecule is COC(=O)C1=C(C)N(c2ccc(C)cc2)C(=S)N[C@@H]1c1ccc(F)cc1F. The third kappa shape index (κ3) is 3.55. The monoisotopic (exact) mass is 388 g/mol. The van der Waals surface area contributed by atoms with Crippen LogP contribution in [0.1, 0.15) is 24.1 Å². The van der Waals surface area contributed by atoms with Gasteiger partial charge in [0.25, 0.3) is 0 Å². The van der Waals surface area contributed by atoms with Gasteiger partial charge in [-0.05, 0) is 44.3 Å². The molecule has 1 N–H and O–H groups in total. The summed E-state index contributed by atoms with van der Waals surface area (Å²) in [5.74, 6) is -2.09. The van der Waals surface area contributed by atoms with Crippen molar-refractivity contribution < 1.29 is 18.3 Å². The van der Waals surface area contributed by atoms with Crippen LogP contribution in [0.25, 0.3) is 0 Å². The number of nitrogens with one attached hydrogen (secondary N) is 1. The number of carbonyl (C=O) groups is 1. The van der Waals surface area contributed by atoms with E-state index in [0.717, 1.165) is 23.4 Å². The van der Waals surface area contributed by atoms with E-state index >= 15 is 0 Å². The largest absolute Gasteiger partial charge is 0.466 e. The zero-order chi connectivity index (χ0) is 19.7. The molecular weight excluding hydrogens is 370 g/mol. The van der Waals surface area contributed by atoms with E-state index < -0.39 is 23.6 Å². The fourth-order valence-corrected chi connectivity index (χ4v) is 3.45. The minimum atomic E-state index is -0.882. The number of hydrogen-bond acceptors (Lipinski definition) is 3. The maximum atomic E-state index is 14.4. The van der Waals surface area contributed by atoms with Crippen LogP contribution >= 0.6 is 12.2 Å². The van der Waals surface area contributed by atoms with Crippen LogP contribution in [0.3, 0.4) is 0 Å². The number of thiocarbonyl (C=S) groups is 1. The number of allylic oxidation sites excluding steroid dienone is 1. The van der Waals surface area contributed by atoms with E-state index in [0.29, 0.717) is 10.8 Å². The lowest BCUT2D eigenvalue weighted by Gasteiger charge is -2.37. The highest BCUT2D eigenvalue weighted by molar-refractivity contribution is 7.80. The van der Waals surface area contributed by atoms with Gasteiger partial charge in [0.15, 0.2) is 5.11 Å². The minimum Gasteiger partial charge on any atom is -0.466 e. The Labute approximate surface area is 161 Å². The number of nitrogens with zero attached hydrogens (tertiary/aromatic N) is 1. The van der Waals surface area contributed by atoms with Crippen molar-refractivity contribution in [2.45, 2.75) is 19.9 Å². The standard InChI is InChI=1S/C20H18F2N2O2S/c1-11-4-7-14(8-5-11)24-12(2)17(19(25)26-3)18(23-20(24)27)15-9-6-13(21)10-16(15)22/h4-10,18H,1-3H3,(H,23,27)/t18-/m1/s1. The summed E-state index contributed by atoms with van der Waals surface area (Å²) in [6.07, 6.45) is 0. The number of aryl methyl sites for hydroxylation is 1. The maximum Gasteiger partial charge on any atom is 0.337 e. The maximum absolute atomic E-state index is 14.4. The third-order valence-corrected chi connectivity index (χ3v) is 4.76. The van der Waals surface area contributed by atoms with E-state index in [9.17, 15) is 13.6 Å². The summed E-state index contributed by atoms with van der Waals surface area (Å²) in [7, 11) is 1.25. The molecule has 0 saturated heterocycles. The van der Waals surface area contributed by atoms with Crippen LogP contribution in [0.2, 0.25) is 0 Å². The van der Waals surface area contributed by atoms with Gasteiger partial charge >= 0.3 is 5.97 Å². The van der Waals surface area contributed by atoms with Crippen LogP contribution in [0, 0.1) is 18.6 Å². The second kappa shape index (κ2) is 7.44. The Morgan fingerprint density at radius 2 is 1.81 bits per heavy atom. The number of anilines is 1. The average Bonchev–Trinajstić information content (AvgIpc) is 2.62. The van der Waals surface area contributed by atoms with Gasteiger partial charge in [-0.3, -0.25) is 4.90 Å². The molecule has 0 saturated carbocycles. The van der Waals surface area contributed by atoms with Crippen molar-refractivity contribution in [2.75, 3.05) is 12.0 Å². The second-order valence-electron chi connectivity index (χ2n) is 6.21. The Morgan fingerprint density at radius 1 is 1.15 bits per heavy atom. The van der Waals surface area contributed by atoms with Gasteiger partial charge < -0.3 is 10.1 Å². The molecule has 4 nitrogen and oxygen atoms in total. The van der Waals surface area contributed by atoms with Crippen molar-refractivity contribution in [3.05, 3.63) is 76.5 Å². The van der Waals surface area contributed by atoms with Gasteiger partial charge in [-0.2, -0.15) is 0 Å². The van der Waals surface area contributed by atoms with Crippen molar-refractivity contribution in [3.8, 4) is 0 Å². The first-order chi connectivity index (χ1) is 12.8. The second-order valence-corrected chi connectivity index (χ2v) is 6.60. The first kappa shape index (κ1) is 19.0. The predicted octanol–water partition coefficient (Wildman–Crippen LogP) is 4.16. The number of rotatable bonds is 3. The molecule has 3 rings (SSSR count). The average molecular weight is 388 g/mol. The van der Waals surface area contributed by atoms with Crippen molar-refractivity contribution in [2.24, 2.45) is 0 Å². The summed E-state index contributed by atoms with van der Waals surface area (Å²) in [5.41, 5.74) is 2.67. The summed E-state index contributed by atoms with van der Waals surface area (Å²) in [6, 6.07) is 9.93. The summed E-state index contributed by atoms with van der Waals surface area (Å²) >= 11 is 5.47. The van der Waals surface area contributed by atoms with Crippen LogP contribution in [-0.4, -0.2) is 18.2 Å². The molecule has 2 aromatic rings. The van der Waals surface area contributed by atoms with Crippen LogP contribution in [-0.2, 0) is 9.53 Å². The molecule has 1 heterocycles. The normalized spacial score (nSPS) is 17.0. The van der Waals surface area contributed by atoms with Crippen molar-refractivity contribution in [3.63, 3.8) is 0 Å². The van der Waals surface area contributed by atoms with Gasteiger partial charge in [-0.25, -0.2) is 13.6 Å². The van der Waals surface area contributed by atoms with Crippen molar-refractivity contribution in [1.29, 1.82) is 0 Å². The number of benzene rings is 2. The number of ether oxygens (including phenoxy) is 1. The first-order valence-corrected chi connectivity index (χ1v) is 8.65. The van der Waals surface area contributed by atoms with Crippen LogP contribution in [0.4, 0.5) is 14.5 Å². The molecule has 0 amide bonds. The number of esters is 1. The highest BCUT2D eigenvalue weighted by Crippen LogP contribution is 2.35. The molecule has 0 fully saturated rings. The van der Waals surface area contributed by atoms with Gasteiger partial charge in [-0.15, -0.1) is 0 Å². The number of hydrogen-bond donors (Lipinski definition) is 1. The van der Waals surface area contributed by atoms with E-state index in [2.05, 4.69) is 5.32 Å². The zero-order valence-electron chi connectivity index (χ0n) is 15.0. The number of halogens is 2. The Kier molecular flexibility index (Phi) is 5.23. The van der Waals surface area contributed by atoms with Gasteiger partial charge in [0.05, 0.1) is 18.7 Å². The Balaban J connectivity index is 2.15. The van der Waals surface area contributed by atoms with E-state index in [1.807, 2.05) is 31.2 Å². The van der Waals surface area contributed by atoms with E-state index in [-0.39, 0.29) is 11.1 Å². The van der Waals surface area contributed by atoms with Gasteiger partial charge in [0.1, 0.15) is 11.6 Å². The van der Waals surface area contributed by atoms with E-state index in [1.54, 1.807) is 11.8 Å². The van der Waals surface area contributed by atoms with E-state index in [1.165, 1.54) is 13.2 Å². The summed E-state index contributed by atoms with van der Waals surface area (Å²) in [4.78, 5) is 14.2. The lowest BCUT2D eigenvalue weighted by Crippen LogP contribution is -2.48. The van der Waals surface area contributed by atoms with Gasteiger partial charge in [-0.1, -0.05) is 23.8 Å². The van der Waals surface area contributed by atoms with E-state index in [4.69, 9.17) is 17.0 Å². The zero-order valence-corrected chi connectivity index (χ0v) is 15.9. The molecule has 1 atom stereocenters. The molecule has 140 valence electrons. The molecule has 0 aromatic heterocycles. The summed E-state index contributed by atoms with van der Waals surface area (Å²) in [5, 5.41) is 3.29. The molecule has 0 radical (unpaired) electrons. The predicted molar refractivity (Wildman–Crippen MR) is 103 cm³/mol. The minimum absolute atomic E-state index is 0.113. The highest BCUT2D eigenvalue weighted by Gasteiger charge is 2.36. The number of carbonyl (C=O) groups excluding carboxylic acids is 1. The summed E-state index contributed by atoms with van der Waals surface area (Å²) < 4.78 is 32.6. The molecule has 1 aliphatic rings. The smallest absolute Gasteiger partial charge is 0.337 e. The fraction of sp³-hybridized carbons (Fsp3) is 0.200. The number of methoxy groups -OCH3 is 1. The van der Waals surface area contributed by atoms with Crippen molar-refractivity contribution in [1.82, 2.24) is 5.32 Å². The highest BCUT2D eigenvalue weighted by atomic mass is 32.1. The van der Waals surface area contributed by atoms with Gasteiger partial charge in [0.2, 0.25) is 0 Å². The Morgan fingerprint density at radius 3 is 2.41 bits per heavy atom. The molecule has 0 aliphatic carbocycles. The molecule has 0 spiro atoms. The topological polar surface area (TPSA) is 41.6 Å². The Hall–Kier alpha value is -2.80. The van der Waals surface area contributed by atoms with Crippen LogP contribution < -0.4 is 10.2 Å². The molecule has 2 aromatic carbocycles. The lowest BCUT2D eigenvalue weighted by atomic mass is 9.94. The molecule has 0 unspecified atom stereocenters. The van der Waals surface area contributed by atoms with Gasteiger partial charge in [0, 0.05) is 23.0 Å². The molecule has 27 heavy (non-hydrogen) atoms. The molecule has 0 bridgehead atoms. The first-order valence-electron chi connectivity index (χ1n) is 8.24. The summed E-state index contributed by atoms with van der Waals surface area (Å²) in [6.45, 7) is 3.68. The van der Waals surface area contributed by atoms with Crippen LogP contribution in [0.5, 0.6) is 0 Å². The van der Waals surface area contributed by atoms with Crippen LogP contribution in [0.15, 0.2) is 53.7 Å². The molecule has 7 heteroatoms. The quantitative estimate of drug-likeness (QED) is 0.632. The third-order valence-electron chi connectivity index (χ3n) is 4.46. The molecular formula is C20H18F2N2O2S. The van der Waals surface area contributed by atoms with Crippen molar-refractivity contribution >= 4 is 29.0 Å².